The third kappa shape index (κ3) is 8.27. The molecule has 13 heteroatoms. The second kappa shape index (κ2) is 12.9. The van der Waals surface area contributed by atoms with Crippen molar-refractivity contribution in [1.82, 2.24) is 20.9 Å². The molecular weight excluding hydrogens is 532 g/mol. The molecule has 5 amide bonds. The van der Waals surface area contributed by atoms with E-state index in [1.807, 2.05) is 6.07 Å². The van der Waals surface area contributed by atoms with Gasteiger partial charge in [-0.1, -0.05) is 54.6 Å². The largest absolute Gasteiger partial charge is 0.458 e. The lowest BCUT2D eigenvalue weighted by atomic mass is 9.91. The SMILES string of the molecule is CC(C)(C)OC(=O)C(CNC(=O)CN1C(=O)NC(C)(c2ccc(/C=N/N)cc2)C1=O)NC(=O)OCc1ccccc1. The Morgan fingerprint density at radius 3 is 2.37 bits per heavy atom. The van der Waals surface area contributed by atoms with Gasteiger partial charge in [-0.25, -0.2) is 14.4 Å². The molecule has 0 radical (unpaired) electrons. The first-order valence-corrected chi connectivity index (χ1v) is 12.8. The number of nitrogens with zero attached hydrogens (tertiary/aromatic N) is 2. The van der Waals surface area contributed by atoms with Crippen LogP contribution in [0.5, 0.6) is 0 Å². The summed E-state index contributed by atoms with van der Waals surface area (Å²) in [6.45, 7) is 5.47. The zero-order valence-corrected chi connectivity index (χ0v) is 23.3. The van der Waals surface area contributed by atoms with Crippen LogP contribution in [-0.4, -0.2) is 65.8 Å². The van der Waals surface area contributed by atoms with E-state index in [9.17, 15) is 24.0 Å². The lowest BCUT2D eigenvalue weighted by Gasteiger charge is -2.25. The smallest absolute Gasteiger partial charge is 0.408 e. The molecule has 0 spiro atoms. The molecule has 218 valence electrons. The van der Waals surface area contributed by atoms with Crippen LogP contribution in [-0.2, 0) is 36.0 Å². The van der Waals surface area contributed by atoms with Crippen LogP contribution in [0.4, 0.5) is 9.59 Å². The number of amides is 5. The Balaban J connectivity index is 1.62. The van der Waals surface area contributed by atoms with E-state index >= 15 is 0 Å². The minimum atomic E-state index is -1.40. The van der Waals surface area contributed by atoms with Crippen LogP contribution in [0.15, 0.2) is 59.7 Å². The van der Waals surface area contributed by atoms with Crippen molar-refractivity contribution in [2.75, 3.05) is 13.1 Å². The summed E-state index contributed by atoms with van der Waals surface area (Å²) >= 11 is 0. The molecule has 1 fully saturated rings. The molecule has 0 aromatic heterocycles. The molecular formula is C28H34N6O7. The van der Waals surface area contributed by atoms with Gasteiger partial charge in [-0.3, -0.25) is 14.5 Å². The molecule has 2 atom stereocenters. The first-order valence-electron chi connectivity index (χ1n) is 12.8. The number of hydrazone groups is 1. The molecule has 1 saturated heterocycles. The van der Waals surface area contributed by atoms with E-state index in [0.29, 0.717) is 11.1 Å². The van der Waals surface area contributed by atoms with Gasteiger partial charge in [0.25, 0.3) is 5.91 Å². The predicted molar refractivity (Wildman–Crippen MR) is 148 cm³/mol. The number of nitrogens with one attached hydrogen (secondary N) is 3. The Bertz CT molecular complexity index is 1310. The Labute approximate surface area is 237 Å². The minimum absolute atomic E-state index is 0.0334. The van der Waals surface area contributed by atoms with Crippen molar-refractivity contribution in [2.45, 2.75) is 51.5 Å². The number of hydrogen-bond donors (Lipinski definition) is 4. The molecule has 0 aliphatic carbocycles. The maximum Gasteiger partial charge on any atom is 0.408 e. The Kier molecular flexibility index (Phi) is 9.66. The number of nitrogens with two attached hydrogens (primary N) is 1. The summed E-state index contributed by atoms with van der Waals surface area (Å²) < 4.78 is 10.5. The third-order valence-electron chi connectivity index (χ3n) is 5.99. The first-order chi connectivity index (χ1) is 19.3. The van der Waals surface area contributed by atoms with Crippen molar-refractivity contribution in [3.8, 4) is 0 Å². The summed E-state index contributed by atoms with van der Waals surface area (Å²) in [6.07, 6.45) is 0.535. The van der Waals surface area contributed by atoms with Crippen LogP contribution in [0.2, 0.25) is 0 Å². The molecule has 1 aliphatic heterocycles. The van der Waals surface area contributed by atoms with Gasteiger partial charge < -0.3 is 31.3 Å². The van der Waals surface area contributed by atoms with E-state index in [0.717, 1.165) is 10.5 Å². The maximum atomic E-state index is 13.2. The summed E-state index contributed by atoms with van der Waals surface area (Å²) in [4.78, 5) is 64.5. The fraction of sp³-hybridized carbons (Fsp3) is 0.357. The quantitative estimate of drug-likeness (QED) is 0.110. The van der Waals surface area contributed by atoms with Crippen LogP contribution in [0.25, 0.3) is 0 Å². The third-order valence-corrected chi connectivity index (χ3v) is 5.99. The van der Waals surface area contributed by atoms with Crippen molar-refractivity contribution in [3.63, 3.8) is 0 Å². The average Bonchev–Trinajstić information content (AvgIpc) is 3.13. The lowest BCUT2D eigenvalue weighted by molar-refractivity contribution is -0.157. The topological polar surface area (TPSA) is 182 Å². The van der Waals surface area contributed by atoms with E-state index in [1.54, 1.807) is 69.3 Å². The Morgan fingerprint density at radius 2 is 1.76 bits per heavy atom. The molecule has 2 aromatic carbocycles. The normalized spacial score (nSPS) is 17.6. The van der Waals surface area contributed by atoms with Gasteiger partial charge in [-0.05, 0) is 44.4 Å². The average molecular weight is 567 g/mol. The summed E-state index contributed by atoms with van der Waals surface area (Å²) in [5, 5.41) is 10.9. The molecule has 2 aromatic rings. The molecule has 3 rings (SSSR count). The number of imide groups is 1. The molecule has 5 N–H and O–H groups in total. The Hall–Kier alpha value is -4.94. The van der Waals surface area contributed by atoms with Crippen molar-refractivity contribution in [1.29, 1.82) is 0 Å². The van der Waals surface area contributed by atoms with Crippen LogP contribution in [0.1, 0.15) is 44.4 Å². The number of carbonyl (C=O) groups is 5. The van der Waals surface area contributed by atoms with E-state index < -0.39 is 53.6 Å². The van der Waals surface area contributed by atoms with Crippen LogP contribution < -0.4 is 21.8 Å². The molecule has 1 heterocycles. The predicted octanol–water partition coefficient (Wildman–Crippen LogP) is 1.50. The number of esters is 1. The van der Waals surface area contributed by atoms with Gasteiger partial charge in [0, 0.05) is 6.54 Å². The van der Waals surface area contributed by atoms with Gasteiger partial charge in [-0.15, -0.1) is 0 Å². The number of ether oxygens (including phenoxy) is 2. The number of hydrogen-bond acceptors (Lipinski definition) is 9. The highest BCUT2D eigenvalue weighted by Crippen LogP contribution is 2.28. The van der Waals surface area contributed by atoms with Gasteiger partial charge in [0.05, 0.1) is 6.21 Å². The fourth-order valence-electron chi connectivity index (χ4n) is 3.91. The molecule has 2 unspecified atom stereocenters. The van der Waals surface area contributed by atoms with Crippen molar-refractivity contribution in [2.24, 2.45) is 10.9 Å². The van der Waals surface area contributed by atoms with Gasteiger partial charge in [-0.2, -0.15) is 5.10 Å². The highest BCUT2D eigenvalue weighted by molar-refractivity contribution is 6.09. The molecule has 1 aliphatic rings. The standard InChI is InChI=1S/C28H34N6O7/c1-27(2,3)41-23(36)21(32-26(39)40-17-19-8-6-5-7-9-19)15-30-22(35)16-34-24(37)28(4,33-25(34)38)20-12-10-18(11-13-20)14-31-29/h5-14,21H,15-17,29H2,1-4H3,(H,30,35)(H,32,39)(H,33,38)/b31-14+. The highest BCUT2D eigenvalue weighted by atomic mass is 16.6. The number of alkyl carbamates (subject to hydrolysis) is 1. The molecule has 0 bridgehead atoms. The molecule has 13 nitrogen and oxygen atoms in total. The highest BCUT2D eigenvalue weighted by Gasteiger charge is 2.49. The van der Waals surface area contributed by atoms with Crippen LogP contribution in [0, 0.1) is 0 Å². The van der Waals surface area contributed by atoms with E-state index in [4.69, 9.17) is 15.3 Å². The van der Waals surface area contributed by atoms with Crippen LogP contribution >= 0.6 is 0 Å². The van der Waals surface area contributed by atoms with E-state index in [2.05, 4.69) is 21.1 Å². The monoisotopic (exact) mass is 566 g/mol. The Morgan fingerprint density at radius 1 is 1.10 bits per heavy atom. The number of benzene rings is 2. The molecule has 41 heavy (non-hydrogen) atoms. The van der Waals surface area contributed by atoms with Gasteiger partial charge in [0.1, 0.15) is 30.3 Å². The summed E-state index contributed by atoms with van der Waals surface area (Å²) in [7, 11) is 0. The van der Waals surface area contributed by atoms with Crippen LogP contribution in [0.3, 0.4) is 0 Å². The second-order valence-electron chi connectivity index (χ2n) is 10.4. The summed E-state index contributed by atoms with van der Waals surface area (Å²) in [6, 6.07) is 13.5. The maximum absolute atomic E-state index is 13.2. The summed E-state index contributed by atoms with van der Waals surface area (Å²) in [5.74, 6) is 2.98. The second-order valence-corrected chi connectivity index (χ2v) is 10.4. The lowest BCUT2D eigenvalue weighted by Crippen LogP contribution is -2.52. The first kappa shape index (κ1) is 30.6. The van der Waals surface area contributed by atoms with Crippen molar-refractivity contribution < 1.29 is 33.4 Å². The molecule has 0 saturated carbocycles. The number of carbonyl (C=O) groups excluding carboxylic acids is 5. The number of urea groups is 1. The van der Waals surface area contributed by atoms with E-state index in [-0.39, 0.29) is 13.2 Å². The number of rotatable bonds is 10. The van der Waals surface area contributed by atoms with Gasteiger partial charge in [0.2, 0.25) is 5.91 Å². The summed E-state index contributed by atoms with van der Waals surface area (Å²) in [5.41, 5.74) is -0.333. The minimum Gasteiger partial charge on any atom is -0.458 e. The fourth-order valence-corrected chi connectivity index (χ4v) is 3.91. The van der Waals surface area contributed by atoms with E-state index in [1.165, 1.54) is 13.1 Å². The van der Waals surface area contributed by atoms with Gasteiger partial charge in [0.15, 0.2) is 0 Å². The van der Waals surface area contributed by atoms with Gasteiger partial charge >= 0.3 is 18.1 Å². The van der Waals surface area contributed by atoms with Crippen molar-refractivity contribution >= 4 is 36.1 Å². The zero-order chi connectivity index (χ0) is 30.2. The van der Waals surface area contributed by atoms with Crippen molar-refractivity contribution in [3.05, 3.63) is 71.3 Å². The zero-order valence-electron chi connectivity index (χ0n) is 23.3.